The summed E-state index contributed by atoms with van der Waals surface area (Å²) in [5.41, 5.74) is 0.905. The Kier molecular flexibility index (Phi) is 1.83. The molecule has 0 aliphatic carbocycles. The summed E-state index contributed by atoms with van der Waals surface area (Å²) in [6, 6.07) is 10.0. The molecule has 1 atom stereocenters. The van der Waals surface area contributed by atoms with Crippen LogP contribution in [0.4, 0.5) is 0 Å². The number of hydrogen-bond donors (Lipinski definition) is 1. The molecule has 0 radical (unpaired) electrons. The summed E-state index contributed by atoms with van der Waals surface area (Å²) in [5, 5.41) is 2.81. The molecule has 1 aliphatic rings. The first-order valence-electron chi connectivity index (χ1n) is 4.63. The first kappa shape index (κ1) is 8.30. The lowest BCUT2D eigenvalue weighted by Crippen LogP contribution is -2.61. The van der Waals surface area contributed by atoms with Crippen LogP contribution in [0.2, 0.25) is 0 Å². The third-order valence-corrected chi connectivity index (χ3v) is 2.92. The lowest BCUT2D eigenvalue weighted by molar-refractivity contribution is -0.133. The van der Waals surface area contributed by atoms with E-state index in [0.717, 1.165) is 18.5 Å². The predicted molar refractivity (Wildman–Crippen MR) is 51.4 cm³/mol. The number of amides is 1. The van der Waals surface area contributed by atoms with Gasteiger partial charge in [0.15, 0.2) is 0 Å². The average molecular weight is 175 g/mol. The van der Waals surface area contributed by atoms with E-state index in [9.17, 15) is 4.79 Å². The normalized spacial score (nSPS) is 26.4. The van der Waals surface area contributed by atoms with Crippen LogP contribution in [-0.2, 0) is 10.2 Å². The van der Waals surface area contributed by atoms with Gasteiger partial charge in [-0.3, -0.25) is 4.79 Å². The minimum atomic E-state index is -0.235. The van der Waals surface area contributed by atoms with Gasteiger partial charge in [-0.1, -0.05) is 37.3 Å². The summed E-state index contributed by atoms with van der Waals surface area (Å²) in [4.78, 5) is 11.5. The number of nitrogens with one attached hydrogen (secondary N) is 1. The Morgan fingerprint density at radius 2 is 2.08 bits per heavy atom. The monoisotopic (exact) mass is 175 g/mol. The summed E-state index contributed by atoms with van der Waals surface area (Å²) in [5.74, 6) is 0.168. The van der Waals surface area contributed by atoms with E-state index in [-0.39, 0.29) is 11.3 Å². The van der Waals surface area contributed by atoms with Gasteiger partial charge < -0.3 is 5.32 Å². The molecular formula is C11H13NO. The van der Waals surface area contributed by atoms with Crippen molar-refractivity contribution in [2.24, 2.45) is 0 Å². The lowest BCUT2D eigenvalue weighted by Gasteiger charge is -2.40. The second kappa shape index (κ2) is 2.87. The largest absolute Gasteiger partial charge is 0.354 e. The number of carbonyl (C=O) groups excluding carboxylic acids is 1. The lowest BCUT2D eigenvalue weighted by atomic mass is 9.72. The van der Waals surface area contributed by atoms with E-state index in [1.165, 1.54) is 0 Å². The zero-order chi connectivity index (χ0) is 9.31. The van der Waals surface area contributed by atoms with Crippen molar-refractivity contribution in [1.82, 2.24) is 5.32 Å². The third kappa shape index (κ3) is 1.05. The van der Waals surface area contributed by atoms with Crippen molar-refractivity contribution in [3.63, 3.8) is 0 Å². The Morgan fingerprint density at radius 3 is 2.46 bits per heavy atom. The number of rotatable bonds is 2. The Hall–Kier alpha value is -1.31. The highest BCUT2D eigenvalue weighted by molar-refractivity contribution is 5.94. The van der Waals surface area contributed by atoms with Crippen molar-refractivity contribution in [3.8, 4) is 0 Å². The third-order valence-electron chi connectivity index (χ3n) is 2.92. The van der Waals surface area contributed by atoms with Crippen LogP contribution in [0.25, 0.3) is 0 Å². The summed E-state index contributed by atoms with van der Waals surface area (Å²) in [6.07, 6.45) is 0.878. The SMILES string of the molecule is CCC1(c2ccccc2)CNC1=O. The Bertz CT molecular complexity index is 316. The molecule has 1 fully saturated rings. The molecule has 0 spiro atoms. The van der Waals surface area contributed by atoms with Crippen LogP contribution in [0, 0.1) is 0 Å². The average Bonchev–Trinajstić information content (AvgIpc) is 2.19. The highest BCUT2D eigenvalue weighted by atomic mass is 16.2. The molecule has 1 amide bonds. The first-order chi connectivity index (χ1) is 6.29. The molecule has 1 heterocycles. The highest BCUT2D eigenvalue weighted by Crippen LogP contribution is 2.32. The van der Waals surface area contributed by atoms with Crippen LogP contribution in [-0.4, -0.2) is 12.5 Å². The molecule has 1 aliphatic heterocycles. The van der Waals surface area contributed by atoms with E-state index in [1.807, 2.05) is 30.3 Å². The summed E-state index contributed by atoms with van der Waals surface area (Å²) in [6.45, 7) is 2.85. The minimum Gasteiger partial charge on any atom is -0.354 e. The maximum Gasteiger partial charge on any atom is 0.232 e. The minimum absolute atomic E-state index is 0.168. The molecule has 0 aromatic heterocycles. The van der Waals surface area contributed by atoms with Crippen molar-refractivity contribution in [2.75, 3.05) is 6.54 Å². The van der Waals surface area contributed by atoms with Crippen molar-refractivity contribution in [3.05, 3.63) is 35.9 Å². The topological polar surface area (TPSA) is 29.1 Å². The maximum absolute atomic E-state index is 11.5. The van der Waals surface area contributed by atoms with Gasteiger partial charge in [0.25, 0.3) is 0 Å². The van der Waals surface area contributed by atoms with Crippen molar-refractivity contribution < 1.29 is 4.79 Å². The Balaban J connectivity index is 2.38. The van der Waals surface area contributed by atoms with Crippen molar-refractivity contribution >= 4 is 5.91 Å². The van der Waals surface area contributed by atoms with Crippen LogP contribution in [0.5, 0.6) is 0 Å². The maximum atomic E-state index is 11.5. The molecule has 13 heavy (non-hydrogen) atoms. The van der Waals surface area contributed by atoms with Gasteiger partial charge in [-0.15, -0.1) is 0 Å². The second-order valence-electron chi connectivity index (χ2n) is 3.48. The van der Waals surface area contributed by atoms with Gasteiger partial charge in [0.2, 0.25) is 5.91 Å². The fraction of sp³-hybridized carbons (Fsp3) is 0.364. The van der Waals surface area contributed by atoms with E-state index < -0.39 is 0 Å². The van der Waals surface area contributed by atoms with E-state index in [0.29, 0.717) is 0 Å². The molecule has 1 unspecified atom stereocenters. The van der Waals surface area contributed by atoms with Gasteiger partial charge in [0.05, 0.1) is 5.41 Å². The van der Waals surface area contributed by atoms with Crippen LogP contribution >= 0.6 is 0 Å². The van der Waals surface area contributed by atoms with Gasteiger partial charge in [-0.2, -0.15) is 0 Å². The van der Waals surface area contributed by atoms with Crippen LogP contribution < -0.4 is 5.32 Å². The highest BCUT2D eigenvalue weighted by Gasteiger charge is 2.45. The van der Waals surface area contributed by atoms with E-state index >= 15 is 0 Å². The molecule has 2 rings (SSSR count). The molecule has 0 bridgehead atoms. The molecular weight excluding hydrogens is 162 g/mol. The van der Waals surface area contributed by atoms with Crippen molar-refractivity contribution in [2.45, 2.75) is 18.8 Å². The molecule has 2 heteroatoms. The van der Waals surface area contributed by atoms with E-state index in [4.69, 9.17) is 0 Å². The Morgan fingerprint density at radius 1 is 1.38 bits per heavy atom. The van der Waals surface area contributed by atoms with Gasteiger partial charge in [0.1, 0.15) is 0 Å². The quantitative estimate of drug-likeness (QED) is 0.677. The smallest absolute Gasteiger partial charge is 0.232 e. The van der Waals surface area contributed by atoms with Gasteiger partial charge in [-0.05, 0) is 12.0 Å². The van der Waals surface area contributed by atoms with Crippen LogP contribution in [0.3, 0.4) is 0 Å². The zero-order valence-corrected chi connectivity index (χ0v) is 7.71. The van der Waals surface area contributed by atoms with E-state index in [2.05, 4.69) is 12.2 Å². The first-order valence-corrected chi connectivity index (χ1v) is 4.63. The van der Waals surface area contributed by atoms with Gasteiger partial charge in [-0.25, -0.2) is 0 Å². The molecule has 1 aromatic rings. The summed E-state index contributed by atoms with van der Waals surface area (Å²) in [7, 11) is 0. The fourth-order valence-electron chi connectivity index (χ4n) is 1.85. The van der Waals surface area contributed by atoms with Crippen molar-refractivity contribution in [1.29, 1.82) is 0 Å². The molecule has 2 nitrogen and oxygen atoms in total. The van der Waals surface area contributed by atoms with Crippen LogP contribution in [0.1, 0.15) is 18.9 Å². The summed E-state index contributed by atoms with van der Waals surface area (Å²) < 4.78 is 0. The molecule has 68 valence electrons. The zero-order valence-electron chi connectivity index (χ0n) is 7.71. The molecule has 1 N–H and O–H groups in total. The van der Waals surface area contributed by atoms with Gasteiger partial charge in [0, 0.05) is 6.54 Å². The summed E-state index contributed by atoms with van der Waals surface area (Å²) >= 11 is 0. The number of hydrogen-bond acceptors (Lipinski definition) is 1. The molecule has 0 saturated carbocycles. The molecule has 1 saturated heterocycles. The molecule has 1 aromatic carbocycles. The predicted octanol–water partition coefficient (Wildman–Crippen LogP) is 1.46. The Labute approximate surface area is 78.0 Å². The van der Waals surface area contributed by atoms with Crippen LogP contribution in [0.15, 0.2) is 30.3 Å². The number of benzene rings is 1. The van der Waals surface area contributed by atoms with E-state index in [1.54, 1.807) is 0 Å². The standard InChI is InChI=1S/C11H13NO/c1-2-11(8-12-10(11)13)9-6-4-3-5-7-9/h3-7H,2,8H2,1H3,(H,12,13). The second-order valence-corrected chi connectivity index (χ2v) is 3.48. The number of β-lactam (4-membered cyclic amide) rings is 1. The fourth-order valence-corrected chi connectivity index (χ4v) is 1.85. The van der Waals surface area contributed by atoms with Gasteiger partial charge >= 0.3 is 0 Å². The number of carbonyl (C=O) groups is 1.